The van der Waals surface area contributed by atoms with Gasteiger partial charge in [-0.05, 0) is 33.1 Å². The summed E-state index contributed by atoms with van der Waals surface area (Å²) >= 11 is 0. The highest BCUT2D eigenvalue weighted by Crippen LogP contribution is 2.17. The maximum Gasteiger partial charge on any atom is 0.315 e. The largest absolute Gasteiger partial charge is 0.352 e. The molecule has 0 aromatic rings. The highest BCUT2D eigenvalue weighted by atomic mass is 16.2. The van der Waals surface area contributed by atoms with Crippen LogP contribution in [0, 0.1) is 0 Å². The number of carbonyl (C=O) groups is 2. The summed E-state index contributed by atoms with van der Waals surface area (Å²) in [5, 5.41) is 8.02. The minimum Gasteiger partial charge on any atom is -0.352 e. The predicted octanol–water partition coefficient (Wildman–Crippen LogP) is 0.363. The molecule has 0 spiro atoms. The summed E-state index contributed by atoms with van der Waals surface area (Å²) in [4.78, 5) is 22.4. The van der Waals surface area contributed by atoms with Gasteiger partial charge in [-0.25, -0.2) is 4.79 Å². The molecule has 3 amide bonds. The van der Waals surface area contributed by atoms with Gasteiger partial charge < -0.3 is 16.0 Å². The standard InChI is InChI=1S/C10H19N3O2/c1-7(2)12-9(14)6-11-10(15)13-8-4-3-5-8/h7-8H,3-6H2,1-2H3,(H,12,14)(H2,11,13,15). The second-order valence-electron chi connectivity index (χ2n) is 4.18. The van der Waals surface area contributed by atoms with E-state index in [0.717, 1.165) is 12.8 Å². The molecule has 1 aliphatic carbocycles. The normalized spacial score (nSPS) is 15.7. The molecule has 1 rings (SSSR count). The third kappa shape index (κ3) is 4.67. The lowest BCUT2D eigenvalue weighted by Gasteiger charge is -2.26. The maximum atomic E-state index is 11.2. The molecule has 0 saturated heterocycles. The Morgan fingerprint density at radius 1 is 1.33 bits per heavy atom. The third-order valence-corrected chi connectivity index (χ3v) is 2.30. The number of hydrogen-bond acceptors (Lipinski definition) is 2. The van der Waals surface area contributed by atoms with Crippen molar-refractivity contribution in [2.45, 2.75) is 45.2 Å². The molecule has 1 saturated carbocycles. The molecule has 1 fully saturated rings. The molecule has 0 atom stereocenters. The molecule has 0 heterocycles. The van der Waals surface area contributed by atoms with Gasteiger partial charge in [0, 0.05) is 12.1 Å². The van der Waals surface area contributed by atoms with Crippen LogP contribution in [0.1, 0.15) is 33.1 Å². The van der Waals surface area contributed by atoms with Crippen LogP contribution < -0.4 is 16.0 Å². The van der Waals surface area contributed by atoms with Gasteiger partial charge >= 0.3 is 6.03 Å². The molecule has 0 aliphatic heterocycles. The van der Waals surface area contributed by atoms with Crippen molar-refractivity contribution in [2.24, 2.45) is 0 Å². The fourth-order valence-electron chi connectivity index (χ4n) is 1.32. The highest BCUT2D eigenvalue weighted by Gasteiger charge is 2.19. The van der Waals surface area contributed by atoms with Gasteiger partial charge in [0.15, 0.2) is 0 Å². The molecule has 5 heteroatoms. The van der Waals surface area contributed by atoms with Crippen molar-refractivity contribution in [3.05, 3.63) is 0 Å². The quantitative estimate of drug-likeness (QED) is 0.631. The Morgan fingerprint density at radius 3 is 2.47 bits per heavy atom. The van der Waals surface area contributed by atoms with E-state index >= 15 is 0 Å². The lowest BCUT2D eigenvalue weighted by atomic mass is 9.93. The van der Waals surface area contributed by atoms with E-state index in [-0.39, 0.29) is 24.5 Å². The molecule has 3 N–H and O–H groups in total. The van der Waals surface area contributed by atoms with Gasteiger partial charge in [-0.1, -0.05) is 0 Å². The van der Waals surface area contributed by atoms with Gasteiger partial charge in [0.1, 0.15) is 0 Å². The number of nitrogens with one attached hydrogen (secondary N) is 3. The van der Waals surface area contributed by atoms with E-state index in [2.05, 4.69) is 16.0 Å². The van der Waals surface area contributed by atoms with Crippen molar-refractivity contribution in [3.8, 4) is 0 Å². The number of hydrogen-bond donors (Lipinski definition) is 3. The van der Waals surface area contributed by atoms with E-state index in [1.54, 1.807) is 0 Å². The lowest BCUT2D eigenvalue weighted by Crippen LogP contribution is -2.48. The van der Waals surface area contributed by atoms with Crippen LogP contribution in [0.25, 0.3) is 0 Å². The van der Waals surface area contributed by atoms with Crippen LogP contribution in [-0.2, 0) is 4.79 Å². The van der Waals surface area contributed by atoms with Gasteiger partial charge in [-0.2, -0.15) is 0 Å². The smallest absolute Gasteiger partial charge is 0.315 e. The summed E-state index contributed by atoms with van der Waals surface area (Å²) in [6.45, 7) is 3.80. The second kappa shape index (κ2) is 5.58. The highest BCUT2D eigenvalue weighted by molar-refractivity contribution is 5.84. The van der Waals surface area contributed by atoms with E-state index < -0.39 is 0 Å². The van der Waals surface area contributed by atoms with Crippen LogP contribution in [0.5, 0.6) is 0 Å². The summed E-state index contributed by atoms with van der Waals surface area (Å²) in [7, 11) is 0. The molecule has 0 unspecified atom stereocenters. The van der Waals surface area contributed by atoms with Gasteiger partial charge in [0.2, 0.25) is 5.91 Å². The first kappa shape index (κ1) is 11.8. The van der Waals surface area contributed by atoms with E-state index in [1.807, 2.05) is 13.8 Å². The Labute approximate surface area is 90.0 Å². The zero-order chi connectivity index (χ0) is 11.3. The molecule has 15 heavy (non-hydrogen) atoms. The number of urea groups is 1. The summed E-state index contributed by atoms with van der Waals surface area (Å²) < 4.78 is 0. The van der Waals surface area contributed by atoms with E-state index in [9.17, 15) is 9.59 Å². The molecular weight excluding hydrogens is 194 g/mol. The summed E-state index contributed by atoms with van der Waals surface area (Å²) in [6, 6.07) is 0.158. The van der Waals surface area contributed by atoms with E-state index in [1.165, 1.54) is 6.42 Å². The van der Waals surface area contributed by atoms with Crippen LogP contribution in [-0.4, -0.2) is 30.6 Å². The van der Waals surface area contributed by atoms with Gasteiger partial charge in [-0.15, -0.1) is 0 Å². The zero-order valence-electron chi connectivity index (χ0n) is 9.30. The molecule has 86 valence electrons. The van der Waals surface area contributed by atoms with Crippen LogP contribution >= 0.6 is 0 Å². The Balaban J connectivity index is 2.07. The van der Waals surface area contributed by atoms with Crippen LogP contribution in [0.4, 0.5) is 4.79 Å². The lowest BCUT2D eigenvalue weighted by molar-refractivity contribution is -0.120. The van der Waals surface area contributed by atoms with Crippen LogP contribution in [0.2, 0.25) is 0 Å². The molecule has 1 aliphatic rings. The zero-order valence-corrected chi connectivity index (χ0v) is 9.30. The van der Waals surface area contributed by atoms with Crippen molar-refractivity contribution in [1.82, 2.24) is 16.0 Å². The summed E-state index contributed by atoms with van der Waals surface area (Å²) in [5.74, 6) is -0.159. The first-order valence-electron chi connectivity index (χ1n) is 5.41. The van der Waals surface area contributed by atoms with Crippen molar-refractivity contribution in [2.75, 3.05) is 6.54 Å². The first-order chi connectivity index (χ1) is 7.08. The number of carbonyl (C=O) groups excluding carboxylic acids is 2. The Bertz CT molecular complexity index is 237. The monoisotopic (exact) mass is 213 g/mol. The first-order valence-corrected chi connectivity index (χ1v) is 5.41. The SMILES string of the molecule is CC(C)NC(=O)CNC(=O)NC1CCC1. The molecular formula is C10H19N3O2. The molecule has 0 bridgehead atoms. The maximum absolute atomic E-state index is 11.2. The Morgan fingerprint density at radius 2 is 2.00 bits per heavy atom. The van der Waals surface area contributed by atoms with Gasteiger partial charge in [0.25, 0.3) is 0 Å². The van der Waals surface area contributed by atoms with Gasteiger partial charge in [-0.3, -0.25) is 4.79 Å². The minimum absolute atomic E-state index is 0.0384. The van der Waals surface area contributed by atoms with Crippen molar-refractivity contribution < 1.29 is 9.59 Å². The average Bonchev–Trinajstić information content (AvgIpc) is 2.07. The molecule has 5 nitrogen and oxygen atoms in total. The molecule has 0 aromatic heterocycles. The summed E-state index contributed by atoms with van der Waals surface area (Å²) in [6.07, 6.45) is 3.27. The predicted molar refractivity (Wildman–Crippen MR) is 57.5 cm³/mol. The van der Waals surface area contributed by atoms with Crippen molar-refractivity contribution >= 4 is 11.9 Å². The van der Waals surface area contributed by atoms with E-state index in [4.69, 9.17) is 0 Å². The molecule has 0 radical (unpaired) electrons. The Kier molecular flexibility index (Phi) is 4.39. The van der Waals surface area contributed by atoms with Gasteiger partial charge in [0.05, 0.1) is 6.54 Å². The average molecular weight is 213 g/mol. The number of rotatable bonds is 4. The van der Waals surface area contributed by atoms with Crippen LogP contribution in [0.3, 0.4) is 0 Å². The topological polar surface area (TPSA) is 70.2 Å². The fourth-order valence-corrected chi connectivity index (χ4v) is 1.32. The number of amides is 3. The van der Waals surface area contributed by atoms with Crippen molar-refractivity contribution in [3.63, 3.8) is 0 Å². The summed E-state index contributed by atoms with van der Waals surface area (Å²) in [5.41, 5.74) is 0. The second-order valence-corrected chi connectivity index (χ2v) is 4.18. The van der Waals surface area contributed by atoms with Crippen molar-refractivity contribution in [1.29, 1.82) is 0 Å². The van der Waals surface area contributed by atoms with Crippen LogP contribution in [0.15, 0.2) is 0 Å². The van der Waals surface area contributed by atoms with E-state index in [0.29, 0.717) is 6.04 Å². The Hall–Kier alpha value is -1.26. The molecule has 0 aromatic carbocycles. The third-order valence-electron chi connectivity index (χ3n) is 2.30. The minimum atomic E-state index is -0.251. The fraction of sp³-hybridized carbons (Fsp3) is 0.800.